The molecular weight excluding hydrogens is 1000 g/mol. The number of hydroxylamine groups is 2. The maximum atomic E-state index is 12.4. The van der Waals surface area contributed by atoms with Gasteiger partial charge in [-0.3, -0.25) is 23.2 Å². The van der Waals surface area contributed by atoms with Crippen molar-refractivity contribution in [3.05, 3.63) is 89.7 Å². The highest BCUT2D eigenvalue weighted by atomic mass is 32.2. The van der Waals surface area contributed by atoms with Crippen LogP contribution in [0.3, 0.4) is 0 Å². The molecule has 2 heterocycles. The number of carbonyl (C=O) groups excluding carboxylic acids is 3. The molecule has 21 nitrogen and oxygen atoms in total. The van der Waals surface area contributed by atoms with Crippen LogP contribution in [-0.2, 0) is 73.9 Å². The summed E-state index contributed by atoms with van der Waals surface area (Å²) in [4.78, 5) is 43.7. The first-order valence-electron chi connectivity index (χ1n) is 23.1. The third-order valence-electron chi connectivity index (χ3n) is 11.7. The number of benzene rings is 2. The van der Waals surface area contributed by atoms with Crippen LogP contribution in [0, 0.1) is 5.41 Å². The van der Waals surface area contributed by atoms with Crippen LogP contribution in [0.5, 0.6) is 5.75 Å². The van der Waals surface area contributed by atoms with Gasteiger partial charge in [0.1, 0.15) is 5.75 Å². The molecule has 4 rings (SSSR count). The van der Waals surface area contributed by atoms with Gasteiger partial charge in [-0.05, 0) is 84.7 Å². The van der Waals surface area contributed by atoms with E-state index in [1.165, 1.54) is 18.2 Å². The van der Waals surface area contributed by atoms with E-state index in [-0.39, 0.29) is 95.3 Å². The van der Waals surface area contributed by atoms with E-state index in [9.17, 15) is 58.4 Å². The van der Waals surface area contributed by atoms with Gasteiger partial charge >= 0.3 is 5.97 Å². The molecule has 2 aliphatic heterocycles. The summed E-state index contributed by atoms with van der Waals surface area (Å²) in [6.45, 7) is 14.0. The number of carbonyl (C=O) groups is 3. The Hall–Kier alpha value is -5.02. The van der Waals surface area contributed by atoms with Crippen LogP contribution in [0.4, 0.5) is 11.4 Å². The van der Waals surface area contributed by atoms with Crippen molar-refractivity contribution in [2.75, 3.05) is 94.3 Å². The summed E-state index contributed by atoms with van der Waals surface area (Å²) in [5.74, 6) is -3.08. The first kappa shape index (κ1) is 59.5. The molecule has 1 atom stereocenters. The topological polar surface area (TPSA) is 290 Å². The maximum Gasteiger partial charge on any atom is 0.335 e. The molecule has 2 aromatic rings. The van der Waals surface area contributed by atoms with Crippen molar-refractivity contribution in [3.63, 3.8) is 0 Å². The van der Waals surface area contributed by atoms with E-state index in [1.807, 2.05) is 36.6 Å². The largest absolute Gasteiger partial charge is 0.507 e. The molecule has 72 heavy (non-hydrogen) atoms. The highest BCUT2D eigenvalue weighted by Crippen LogP contribution is 2.51. The minimum atomic E-state index is -4.67. The van der Waals surface area contributed by atoms with Gasteiger partial charge in [0, 0.05) is 73.7 Å². The Morgan fingerprint density at radius 1 is 0.833 bits per heavy atom. The number of imide groups is 1. The van der Waals surface area contributed by atoms with E-state index in [2.05, 4.69) is 6.58 Å². The second kappa shape index (κ2) is 26.3. The van der Waals surface area contributed by atoms with Gasteiger partial charge in [0.2, 0.25) is 0 Å². The molecule has 0 aliphatic carbocycles. The van der Waals surface area contributed by atoms with Crippen molar-refractivity contribution in [1.29, 1.82) is 0 Å². The monoisotopic (exact) mass is 1070 g/mol. The Morgan fingerprint density at radius 2 is 1.46 bits per heavy atom. The zero-order chi connectivity index (χ0) is 53.5. The number of fused-ring (bicyclic) bond motifs is 1. The van der Waals surface area contributed by atoms with Gasteiger partial charge in [-0.15, -0.1) is 5.06 Å². The molecule has 24 heteroatoms. The van der Waals surface area contributed by atoms with Crippen LogP contribution in [0.15, 0.2) is 83.4 Å². The second-order valence-corrected chi connectivity index (χ2v) is 22.8. The fraction of sp³-hybridized carbons (Fsp3) is 0.521. The Kier molecular flexibility index (Phi) is 21.7. The van der Waals surface area contributed by atoms with Gasteiger partial charge in [0.15, 0.2) is 0 Å². The van der Waals surface area contributed by atoms with Crippen LogP contribution in [0.2, 0.25) is 0 Å². The summed E-state index contributed by atoms with van der Waals surface area (Å²) in [6.07, 6.45) is 6.95. The smallest absolute Gasteiger partial charge is 0.335 e. The van der Waals surface area contributed by atoms with Gasteiger partial charge in [0.25, 0.3) is 42.2 Å². The predicted molar refractivity (Wildman–Crippen MR) is 268 cm³/mol. The maximum absolute atomic E-state index is 12.4. The molecule has 0 saturated carbocycles. The van der Waals surface area contributed by atoms with Gasteiger partial charge < -0.3 is 38.7 Å². The highest BCUT2D eigenvalue weighted by Gasteiger charge is 2.44. The van der Waals surface area contributed by atoms with Crippen molar-refractivity contribution >= 4 is 65.1 Å². The van der Waals surface area contributed by atoms with Crippen LogP contribution >= 0.6 is 0 Å². The third-order valence-corrected chi connectivity index (χ3v) is 14.1. The molecule has 0 spiro atoms. The summed E-state index contributed by atoms with van der Waals surface area (Å²) in [5.41, 5.74) is 2.32. The van der Waals surface area contributed by atoms with Crippen molar-refractivity contribution in [2.24, 2.45) is 5.41 Å². The fourth-order valence-electron chi connectivity index (χ4n) is 8.11. The molecule has 1 fully saturated rings. The number of amides is 2. The zero-order valence-electron chi connectivity index (χ0n) is 41.3. The summed E-state index contributed by atoms with van der Waals surface area (Å²) in [6, 6.07) is 9.23. The summed E-state index contributed by atoms with van der Waals surface area (Å²) in [5, 5.41) is 12.0. The van der Waals surface area contributed by atoms with E-state index in [0.717, 1.165) is 0 Å². The van der Waals surface area contributed by atoms with Crippen LogP contribution in [0.1, 0.15) is 77.3 Å². The number of phenols is 1. The number of hydrogen-bond donors (Lipinski definition) is 4. The lowest BCUT2D eigenvalue weighted by atomic mass is 9.77. The van der Waals surface area contributed by atoms with E-state index < -0.39 is 70.5 Å². The first-order valence-corrected chi connectivity index (χ1v) is 27.8. The average Bonchev–Trinajstić information content (AvgIpc) is 3.71. The lowest BCUT2D eigenvalue weighted by Gasteiger charge is -2.30. The minimum Gasteiger partial charge on any atom is -0.507 e. The van der Waals surface area contributed by atoms with E-state index in [0.29, 0.717) is 64.2 Å². The Bertz CT molecular complexity index is 2680. The van der Waals surface area contributed by atoms with E-state index >= 15 is 0 Å². The lowest BCUT2D eigenvalue weighted by Crippen LogP contribution is -2.32. The molecule has 0 bridgehead atoms. The summed E-state index contributed by atoms with van der Waals surface area (Å²) >= 11 is 0. The average molecular weight is 1070 g/mol. The predicted octanol–water partition coefficient (Wildman–Crippen LogP) is 5.29. The number of nitrogens with zero attached hydrogens (tertiary/aromatic N) is 3. The Morgan fingerprint density at radius 3 is 2.07 bits per heavy atom. The number of aromatic hydroxyl groups is 1. The Labute approximate surface area is 422 Å². The van der Waals surface area contributed by atoms with Crippen LogP contribution < -0.4 is 9.80 Å². The second-order valence-electron chi connectivity index (χ2n) is 18.3. The van der Waals surface area contributed by atoms with Crippen LogP contribution in [-0.4, -0.2) is 151 Å². The third kappa shape index (κ3) is 18.2. The lowest BCUT2D eigenvalue weighted by molar-refractivity contribution is -0.198. The number of phenolic OH excluding ortho intramolecular Hbond substituents is 1. The number of rotatable bonds is 30. The number of anilines is 2. The van der Waals surface area contributed by atoms with Gasteiger partial charge in [-0.2, -0.15) is 25.3 Å². The van der Waals surface area contributed by atoms with Crippen molar-refractivity contribution in [2.45, 2.75) is 76.5 Å². The highest BCUT2D eigenvalue weighted by molar-refractivity contribution is 7.86. The zero-order valence-corrected chi connectivity index (χ0v) is 43.7. The van der Waals surface area contributed by atoms with Crippen molar-refractivity contribution in [1.82, 2.24) is 5.06 Å². The number of methoxy groups -OCH3 is 1. The molecule has 0 aromatic heterocycles. The molecule has 2 aliphatic rings. The normalized spacial score (nSPS) is 17.4. The molecule has 2 amide bonds. The molecule has 400 valence electrons. The van der Waals surface area contributed by atoms with Crippen molar-refractivity contribution < 1.29 is 82.2 Å². The SMILES string of the molecule is C=C(/C=C(\c1ccc(N(CCCS(=O)(=O)O)CCOCCOC)cc1O)C(C)(C)C)/C=C/C=C1/N(CCOCCOCCC(=O)ON2C(=O)CCC2=O)c2ccc(S(=O)(=O)O)cc2C1(C)CCCS(=O)(=O)O. The van der Waals surface area contributed by atoms with Crippen LogP contribution in [0.25, 0.3) is 5.57 Å². The molecule has 4 N–H and O–H groups in total. The van der Waals surface area contributed by atoms with E-state index in [4.69, 9.17) is 23.8 Å². The standard InChI is InChI=1S/C48H67N3O18S3/c1-35(32-39(47(2,3)4)38-14-12-36(33-42(38)52)49(20-9-31-71(59,60)61)21-24-67-27-26-65-6)10-7-11-43-48(5,19-8-30-70(56,57)58)40-34-37(72(62,63)64)13-15-41(40)50(43)22-25-68-29-28-66-23-18-46(55)69-51-44(53)16-17-45(51)54/h7,10-15,32-34,52H,1,8-9,16-31H2,2-6H3,(H,56,57,58)(H,59,60,61)(H,62,63,64)/b10-7+,39-32+,43-11+. The van der Waals surface area contributed by atoms with Gasteiger partial charge in [0.05, 0.1) is 69.1 Å². The molecule has 2 aromatic carbocycles. The fourth-order valence-corrected chi connectivity index (χ4v) is 9.62. The Balaban J connectivity index is 1.59. The first-order chi connectivity index (χ1) is 33.6. The molecule has 1 unspecified atom stereocenters. The molecule has 1 saturated heterocycles. The molecular formula is C48H67N3O18S3. The van der Waals surface area contributed by atoms with Gasteiger partial charge in [-0.25, -0.2) is 4.79 Å². The summed E-state index contributed by atoms with van der Waals surface area (Å²) in [7, 11) is -11.7. The number of ether oxygens (including phenoxy) is 4. The number of hydrogen-bond acceptors (Lipinski definition) is 17. The number of allylic oxidation sites excluding steroid dienone is 7. The minimum absolute atomic E-state index is 0.0248. The quantitative estimate of drug-likeness (QED) is 0.0334. The van der Waals surface area contributed by atoms with Crippen molar-refractivity contribution in [3.8, 4) is 5.75 Å². The van der Waals surface area contributed by atoms with Gasteiger partial charge in [-0.1, -0.05) is 45.6 Å². The van der Waals surface area contributed by atoms with E-state index in [1.54, 1.807) is 50.5 Å². The summed E-state index contributed by atoms with van der Waals surface area (Å²) < 4.78 is 122. The molecule has 0 radical (unpaired) electrons.